The number of hydrogen-bond donors (Lipinski definition) is 0. The summed E-state index contributed by atoms with van der Waals surface area (Å²) in [6.07, 6.45) is 2.93. The summed E-state index contributed by atoms with van der Waals surface area (Å²) in [5.74, 6) is -0.815. The quantitative estimate of drug-likeness (QED) is 0.575. The molecule has 0 saturated heterocycles. The number of benzene rings is 1. The van der Waals surface area contributed by atoms with Crippen LogP contribution in [-0.4, -0.2) is 5.78 Å². The molecule has 0 atom stereocenters. The molecule has 1 aromatic carbocycles. The Balaban J connectivity index is 3.09. The van der Waals surface area contributed by atoms with Gasteiger partial charge in [-0.15, -0.1) is 0 Å². The first kappa shape index (κ1) is 10.1. The van der Waals surface area contributed by atoms with Crippen molar-refractivity contribution in [3.05, 3.63) is 46.2 Å². The van der Waals surface area contributed by atoms with Crippen LogP contribution in [0.1, 0.15) is 17.3 Å². The van der Waals surface area contributed by atoms with Crippen LogP contribution in [0, 0.1) is 5.82 Å². The zero-order chi connectivity index (χ0) is 9.84. The summed E-state index contributed by atoms with van der Waals surface area (Å²) in [5, 5.41) is 0. The maximum absolute atomic E-state index is 13.1. The van der Waals surface area contributed by atoms with Crippen LogP contribution >= 0.6 is 15.9 Å². The Bertz CT molecular complexity index is 358. The molecule has 0 aliphatic rings. The number of halogens is 2. The highest BCUT2D eigenvalue weighted by Gasteiger charge is 2.07. The Morgan fingerprint density at radius 1 is 1.54 bits per heavy atom. The van der Waals surface area contributed by atoms with Crippen molar-refractivity contribution in [3.8, 4) is 0 Å². The normalized spacial score (nSPS) is 10.7. The van der Waals surface area contributed by atoms with Crippen molar-refractivity contribution in [1.82, 2.24) is 0 Å². The fraction of sp³-hybridized carbons (Fsp3) is 0.100. The van der Waals surface area contributed by atoms with E-state index < -0.39 is 5.82 Å². The van der Waals surface area contributed by atoms with Gasteiger partial charge in [0.2, 0.25) is 0 Å². The first-order valence-electron chi connectivity index (χ1n) is 3.77. The Kier molecular flexibility index (Phi) is 3.37. The summed E-state index contributed by atoms with van der Waals surface area (Å²) in [5.41, 5.74) is 0.0984. The molecule has 0 unspecified atom stereocenters. The van der Waals surface area contributed by atoms with Gasteiger partial charge in [-0.1, -0.05) is 22.0 Å². The molecule has 0 saturated carbocycles. The molecule has 1 aromatic rings. The third-order valence-corrected chi connectivity index (χ3v) is 2.01. The Hall–Kier alpha value is -0.960. The minimum atomic E-state index is -0.502. The van der Waals surface area contributed by atoms with Crippen LogP contribution in [-0.2, 0) is 0 Å². The van der Waals surface area contributed by atoms with Gasteiger partial charge >= 0.3 is 0 Å². The number of rotatable bonds is 2. The van der Waals surface area contributed by atoms with Gasteiger partial charge in [0.1, 0.15) is 5.82 Å². The fourth-order valence-corrected chi connectivity index (χ4v) is 1.26. The standard InChI is InChI=1S/C10H8BrFO/c1-2-3-10(13)8-5-4-7(11)6-9(8)12/h2-6H,1H3/b3-2+. The van der Waals surface area contributed by atoms with E-state index in [1.54, 1.807) is 19.1 Å². The van der Waals surface area contributed by atoms with Gasteiger partial charge in [-0.05, 0) is 31.2 Å². The monoisotopic (exact) mass is 242 g/mol. The van der Waals surface area contributed by atoms with Crippen LogP contribution in [0.5, 0.6) is 0 Å². The molecule has 0 amide bonds. The van der Waals surface area contributed by atoms with Crippen molar-refractivity contribution in [2.75, 3.05) is 0 Å². The van der Waals surface area contributed by atoms with Crippen LogP contribution in [0.3, 0.4) is 0 Å². The highest BCUT2D eigenvalue weighted by Crippen LogP contribution is 2.15. The smallest absolute Gasteiger partial charge is 0.188 e. The molecule has 1 rings (SSSR count). The summed E-state index contributed by atoms with van der Waals surface area (Å²) in [6, 6.07) is 4.37. The van der Waals surface area contributed by atoms with Crippen molar-refractivity contribution in [2.24, 2.45) is 0 Å². The van der Waals surface area contributed by atoms with Gasteiger partial charge in [-0.3, -0.25) is 4.79 Å². The third kappa shape index (κ3) is 2.49. The molecule has 0 aliphatic heterocycles. The average Bonchev–Trinajstić information content (AvgIpc) is 2.04. The Morgan fingerprint density at radius 2 is 2.23 bits per heavy atom. The van der Waals surface area contributed by atoms with Crippen LogP contribution < -0.4 is 0 Å². The fourth-order valence-electron chi connectivity index (χ4n) is 0.930. The zero-order valence-electron chi connectivity index (χ0n) is 7.05. The number of hydrogen-bond acceptors (Lipinski definition) is 1. The minimum Gasteiger partial charge on any atom is -0.289 e. The van der Waals surface area contributed by atoms with Crippen molar-refractivity contribution in [3.63, 3.8) is 0 Å². The number of carbonyl (C=O) groups is 1. The summed E-state index contributed by atoms with van der Waals surface area (Å²) < 4.78 is 13.8. The van der Waals surface area contributed by atoms with E-state index in [-0.39, 0.29) is 11.3 Å². The summed E-state index contributed by atoms with van der Waals surface area (Å²) in [7, 11) is 0. The number of ketones is 1. The summed E-state index contributed by atoms with van der Waals surface area (Å²) >= 11 is 3.12. The second-order valence-electron chi connectivity index (χ2n) is 2.49. The zero-order valence-corrected chi connectivity index (χ0v) is 8.64. The molecule has 3 heteroatoms. The van der Waals surface area contributed by atoms with Gasteiger partial charge < -0.3 is 0 Å². The lowest BCUT2D eigenvalue weighted by Gasteiger charge is -1.98. The van der Waals surface area contributed by atoms with Gasteiger partial charge in [-0.2, -0.15) is 0 Å². The molecular weight excluding hydrogens is 235 g/mol. The van der Waals surface area contributed by atoms with Crippen molar-refractivity contribution in [1.29, 1.82) is 0 Å². The minimum absolute atomic E-state index is 0.0984. The predicted molar refractivity (Wildman–Crippen MR) is 53.2 cm³/mol. The van der Waals surface area contributed by atoms with E-state index in [9.17, 15) is 9.18 Å². The van der Waals surface area contributed by atoms with E-state index in [2.05, 4.69) is 15.9 Å². The first-order valence-corrected chi connectivity index (χ1v) is 4.56. The highest BCUT2D eigenvalue weighted by molar-refractivity contribution is 9.10. The molecule has 1 nitrogen and oxygen atoms in total. The van der Waals surface area contributed by atoms with Gasteiger partial charge in [0.05, 0.1) is 5.56 Å². The summed E-state index contributed by atoms with van der Waals surface area (Å²) in [6.45, 7) is 1.72. The van der Waals surface area contributed by atoms with E-state index in [0.29, 0.717) is 4.47 Å². The maximum Gasteiger partial charge on any atom is 0.188 e. The van der Waals surface area contributed by atoms with Gasteiger partial charge in [0.25, 0.3) is 0 Å². The molecule has 0 spiro atoms. The van der Waals surface area contributed by atoms with Gasteiger partial charge in [-0.25, -0.2) is 4.39 Å². The van der Waals surface area contributed by atoms with Crippen LogP contribution in [0.25, 0.3) is 0 Å². The largest absolute Gasteiger partial charge is 0.289 e. The van der Waals surface area contributed by atoms with Crippen molar-refractivity contribution >= 4 is 21.7 Å². The van der Waals surface area contributed by atoms with E-state index >= 15 is 0 Å². The van der Waals surface area contributed by atoms with Crippen molar-refractivity contribution < 1.29 is 9.18 Å². The Morgan fingerprint density at radius 3 is 2.77 bits per heavy atom. The van der Waals surface area contributed by atoms with Crippen LogP contribution in [0.4, 0.5) is 4.39 Å². The Labute approximate surface area is 84.4 Å². The average molecular weight is 243 g/mol. The lowest BCUT2D eigenvalue weighted by atomic mass is 10.1. The molecule has 68 valence electrons. The summed E-state index contributed by atoms with van der Waals surface area (Å²) in [4.78, 5) is 11.2. The van der Waals surface area contributed by atoms with E-state index in [1.807, 2.05) is 0 Å². The SMILES string of the molecule is C/C=C/C(=O)c1ccc(Br)cc1F. The second-order valence-corrected chi connectivity index (χ2v) is 3.40. The van der Waals surface area contributed by atoms with Crippen molar-refractivity contribution in [2.45, 2.75) is 6.92 Å². The molecule has 0 N–H and O–H groups in total. The molecule has 13 heavy (non-hydrogen) atoms. The molecule has 0 aliphatic carbocycles. The van der Waals surface area contributed by atoms with Crippen LogP contribution in [0.2, 0.25) is 0 Å². The van der Waals surface area contributed by atoms with E-state index in [0.717, 1.165) is 0 Å². The topological polar surface area (TPSA) is 17.1 Å². The molecule has 0 fully saturated rings. The lowest BCUT2D eigenvalue weighted by molar-refractivity contribution is 0.104. The third-order valence-electron chi connectivity index (χ3n) is 1.51. The second kappa shape index (κ2) is 4.33. The van der Waals surface area contributed by atoms with E-state index in [1.165, 1.54) is 18.2 Å². The molecule has 0 aromatic heterocycles. The maximum atomic E-state index is 13.1. The number of carbonyl (C=O) groups excluding carboxylic acids is 1. The molecule has 0 radical (unpaired) electrons. The molecule has 0 heterocycles. The lowest BCUT2D eigenvalue weighted by Crippen LogP contribution is -1.97. The molecular formula is C10H8BrFO. The molecule has 0 bridgehead atoms. The van der Waals surface area contributed by atoms with Crippen LogP contribution in [0.15, 0.2) is 34.8 Å². The van der Waals surface area contributed by atoms with Gasteiger partial charge in [0.15, 0.2) is 5.78 Å². The highest BCUT2D eigenvalue weighted by atomic mass is 79.9. The van der Waals surface area contributed by atoms with E-state index in [4.69, 9.17) is 0 Å². The first-order chi connectivity index (χ1) is 6.15. The van der Waals surface area contributed by atoms with Gasteiger partial charge in [0, 0.05) is 4.47 Å². The number of allylic oxidation sites excluding steroid dienone is 2. The predicted octanol–water partition coefficient (Wildman–Crippen LogP) is 3.35.